The Morgan fingerprint density at radius 1 is 0.900 bits per heavy atom. The molecule has 1 aliphatic carbocycles. The van der Waals surface area contributed by atoms with E-state index in [2.05, 4.69) is 23.8 Å². The topological polar surface area (TPSA) is 24.7 Å². The van der Waals surface area contributed by atoms with Crippen LogP contribution in [0.3, 0.4) is 0 Å². The van der Waals surface area contributed by atoms with Crippen LogP contribution in [-0.4, -0.2) is 24.5 Å². The molecule has 3 unspecified atom stereocenters. The fraction of sp³-hybridized carbons (Fsp3) is 0.750. The van der Waals surface area contributed by atoms with Crippen molar-refractivity contribution < 1.29 is 0 Å². The average Bonchev–Trinajstić information content (AvgIpc) is 2.03. The first-order chi connectivity index (χ1) is 4.80. The van der Waals surface area contributed by atoms with Crippen molar-refractivity contribution in [2.75, 3.05) is 0 Å². The van der Waals surface area contributed by atoms with Crippen molar-refractivity contribution in [1.82, 2.24) is 0 Å². The molecule has 2 aliphatic rings. The fourth-order valence-corrected chi connectivity index (χ4v) is 1.82. The van der Waals surface area contributed by atoms with Crippen molar-refractivity contribution >= 4 is 12.4 Å². The van der Waals surface area contributed by atoms with Gasteiger partial charge in [0.25, 0.3) is 0 Å². The second kappa shape index (κ2) is 1.91. The Balaban J connectivity index is 2.17. The summed E-state index contributed by atoms with van der Waals surface area (Å²) in [6, 6.07) is 1.000. The highest BCUT2D eigenvalue weighted by molar-refractivity contribution is 6.16. The first-order valence-corrected chi connectivity index (χ1v) is 3.85. The highest BCUT2D eigenvalue weighted by Gasteiger charge is 2.45. The van der Waals surface area contributed by atoms with E-state index < -0.39 is 0 Å². The van der Waals surface area contributed by atoms with Crippen LogP contribution in [0.4, 0.5) is 0 Å². The van der Waals surface area contributed by atoms with Crippen molar-refractivity contribution in [3.8, 4) is 0 Å². The smallest absolute Gasteiger partial charge is 0.0755 e. The van der Waals surface area contributed by atoms with Crippen LogP contribution in [0.25, 0.3) is 0 Å². The molecule has 1 aliphatic heterocycles. The number of nitrogens with zero attached hydrogens (tertiary/aromatic N) is 2. The minimum Gasteiger partial charge on any atom is -0.286 e. The van der Waals surface area contributed by atoms with Crippen LogP contribution in [-0.2, 0) is 0 Å². The Morgan fingerprint density at radius 3 is 1.70 bits per heavy atom. The quantitative estimate of drug-likeness (QED) is 0.477. The molecular weight excluding hydrogens is 124 g/mol. The van der Waals surface area contributed by atoms with Crippen molar-refractivity contribution in [3.05, 3.63) is 0 Å². The molecule has 0 radical (unpaired) electrons. The lowest BCUT2D eigenvalue weighted by molar-refractivity contribution is 0.133. The standard InChI is InChI=1S/C8H12N2/c1-5-6(2)8-7(5)9-3-4-10-8/h3-8H,1-2H3/t5?,6?,7-,8?/m1/s1. The van der Waals surface area contributed by atoms with Crippen molar-refractivity contribution in [3.63, 3.8) is 0 Å². The third-order valence-corrected chi connectivity index (χ3v) is 2.84. The molecule has 1 heterocycles. The lowest BCUT2D eigenvalue weighted by Crippen LogP contribution is -2.52. The molecular formula is C8H12N2. The van der Waals surface area contributed by atoms with E-state index in [-0.39, 0.29) is 0 Å². The van der Waals surface area contributed by atoms with Crippen LogP contribution in [0.1, 0.15) is 13.8 Å². The van der Waals surface area contributed by atoms with Crippen LogP contribution in [0.2, 0.25) is 0 Å². The highest BCUT2D eigenvalue weighted by Crippen LogP contribution is 2.39. The van der Waals surface area contributed by atoms with Crippen molar-refractivity contribution in [2.24, 2.45) is 21.8 Å². The molecule has 54 valence electrons. The first kappa shape index (κ1) is 6.08. The SMILES string of the molecule is CC1C(C)[C@H]2N=CC=NC12. The van der Waals surface area contributed by atoms with Gasteiger partial charge in [-0.1, -0.05) is 13.8 Å². The van der Waals surface area contributed by atoms with Gasteiger partial charge in [-0.05, 0) is 11.8 Å². The predicted molar refractivity (Wildman–Crippen MR) is 42.9 cm³/mol. The monoisotopic (exact) mass is 136 g/mol. The molecule has 0 aromatic rings. The van der Waals surface area contributed by atoms with Crippen molar-refractivity contribution in [1.29, 1.82) is 0 Å². The average molecular weight is 136 g/mol. The lowest BCUT2D eigenvalue weighted by Gasteiger charge is -2.45. The summed E-state index contributed by atoms with van der Waals surface area (Å²) >= 11 is 0. The number of hydrogen-bond donors (Lipinski definition) is 0. The van der Waals surface area contributed by atoms with Gasteiger partial charge >= 0.3 is 0 Å². The Bertz CT molecular complexity index is 173. The third kappa shape index (κ3) is 0.591. The molecule has 1 fully saturated rings. The molecule has 0 aromatic carbocycles. The van der Waals surface area contributed by atoms with E-state index >= 15 is 0 Å². The van der Waals surface area contributed by atoms with E-state index in [1.165, 1.54) is 0 Å². The lowest BCUT2D eigenvalue weighted by atomic mass is 9.67. The Hall–Kier alpha value is -0.660. The van der Waals surface area contributed by atoms with E-state index in [0.29, 0.717) is 12.1 Å². The van der Waals surface area contributed by atoms with Crippen LogP contribution in [0.15, 0.2) is 9.98 Å². The second-order valence-corrected chi connectivity index (χ2v) is 3.30. The zero-order valence-electron chi connectivity index (χ0n) is 6.36. The van der Waals surface area contributed by atoms with Gasteiger partial charge < -0.3 is 0 Å². The van der Waals surface area contributed by atoms with Gasteiger partial charge in [0.2, 0.25) is 0 Å². The summed E-state index contributed by atoms with van der Waals surface area (Å²) in [7, 11) is 0. The zero-order valence-corrected chi connectivity index (χ0v) is 6.36. The maximum Gasteiger partial charge on any atom is 0.0755 e. The van der Waals surface area contributed by atoms with E-state index in [9.17, 15) is 0 Å². The summed E-state index contributed by atoms with van der Waals surface area (Å²) in [5.74, 6) is 1.47. The molecule has 0 amide bonds. The van der Waals surface area contributed by atoms with Gasteiger partial charge in [-0.15, -0.1) is 0 Å². The summed E-state index contributed by atoms with van der Waals surface area (Å²) in [6.45, 7) is 4.51. The minimum atomic E-state index is 0.500. The molecule has 0 saturated heterocycles. The molecule has 0 aromatic heterocycles. The number of fused-ring (bicyclic) bond motifs is 1. The maximum atomic E-state index is 4.35. The molecule has 1 saturated carbocycles. The molecule has 2 rings (SSSR count). The minimum absolute atomic E-state index is 0.500. The zero-order chi connectivity index (χ0) is 7.14. The molecule has 4 atom stereocenters. The van der Waals surface area contributed by atoms with Gasteiger partial charge in [-0.25, -0.2) is 0 Å². The molecule has 0 bridgehead atoms. The van der Waals surface area contributed by atoms with Crippen LogP contribution in [0, 0.1) is 11.8 Å². The van der Waals surface area contributed by atoms with Crippen molar-refractivity contribution in [2.45, 2.75) is 25.9 Å². The Morgan fingerprint density at radius 2 is 1.30 bits per heavy atom. The summed E-state index contributed by atoms with van der Waals surface area (Å²) < 4.78 is 0. The summed E-state index contributed by atoms with van der Waals surface area (Å²) in [5.41, 5.74) is 0. The van der Waals surface area contributed by atoms with Gasteiger partial charge in [0, 0.05) is 12.4 Å². The maximum absolute atomic E-state index is 4.35. The van der Waals surface area contributed by atoms with E-state index in [4.69, 9.17) is 0 Å². The number of rotatable bonds is 0. The fourth-order valence-electron chi connectivity index (χ4n) is 1.82. The third-order valence-electron chi connectivity index (χ3n) is 2.84. The summed E-state index contributed by atoms with van der Waals surface area (Å²) in [5, 5.41) is 0. The molecule has 0 spiro atoms. The predicted octanol–water partition coefficient (Wildman–Crippen LogP) is 1.16. The van der Waals surface area contributed by atoms with Crippen LogP contribution in [0.5, 0.6) is 0 Å². The Kier molecular flexibility index (Phi) is 1.16. The first-order valence-electron chi connectivity index (χ1n) is 3.85. The largest absolute Gasteiger partial charge is 0.286 e. The number of hydrogen-bond acceptors (Lipinski definition) is 2. The van der Waals surface area contributed by atoms with Gasteiger partial charge in [0.15, 0.2) is 0 Å². The molecule has 10 heavy (non-hydrogen) atoms. The molecule has 2 nitrogen and oxygen atoms in total. The van der Waals surface area contributed by atoms with Gasteiger partial charge in [0.05, 0.1) is 12.1 Å². The van der Waals surface area contributed by atoms with E-state index in [0.717, 1.165) is 11.8 Å². The van der Waals surface area contributed by atoms with E-state index in [1.54, 1.807) is 0 Å². The van der Waals surface area contributed by atoms with Gasteiger partial charge in [-0.3, -0.25) is 9.98 Å². The normalized spacial score (nSPS) is 50.2. The summed E-state index contributed by atoms with van der Waals surface area (Å²) in [6.07, 6.45) is 3.65. The molecule has 2 heteroatoms. The van der Waals surface area contributed by atoms with Crippen LogP contribution >= 0.6 is 0 Å². The molecule has 0 N–H and O–H groups in total. The summed E-state index contributed by atoms with van der Waals surface area (Å²) in [4.78, 5) is 8.71. The van der Waals surface area contributed by atoms with E-state index in [1.807, 2.05) is 12.4 Å². The Labute approximate surface area is 61.1 Å². The van der Waals surface area contributed by atoms with Crippen LogP contribution < -0.4 is 0 Å². The highest BCUT2D eigenvalue weighted by atomic mass is 15.0. The van der Waals surface area contributed by atoms with Gasteiger partial charge in [0.1, 0.15) is 0 Å². The van der Waals surface area contributed by atoms with Gasteiger partial charge in [-0.2, -0.15) is 0 Å². The number of aliphatic imine (C=N–C) groups is 2. The second-order valence-electron chi connectivity index (χ2n) is 3.30.